The standard InChI is InChI=1S/C15H27BO/c1-2-17-15-9-7-14(8-10-15)13-5-3-12(11-16)4-6-13/h12-15H,2-11H2,1H3. The Bertz CT molecular complexity index is 203. The fourth-order valence-corrected chi connectivity index (χ4v) is 3.86. The van der Waals surface area contributed by atoms with Crippen LogP contribution in [0.15, 0.2) is 0 Å². The van der Waals surface area contributed by atoms with Crippen LogP contribution in [-0.2, 0) is 4.74 Å². The second-order valence-corrected chi connectivity index (χ2v) is 6.01. The van der Waals surface area contributed by atoms with Gasteiger partial charge in [0.25, 0.3) is 0 Å². The van der Waals surface area contributed by atoms with Crippen LogP contribution in [0.4, 0.5) is 0 Å². The van der Waals surface area contributed by atoms with Crippen LogP contribution in [-0.4, -0.2) is 20.6 Å². The highest BCUT2D eigenvalue weighted by Gasteiger charge is 2.30. The van der Waals surface area contributed by atoms with Crippen molar-refractivity contribution in [1.29, 1.82) is 0 Å². The molecule has 2 aliphatic carbocycles. The van der Waals surface area contributed by atoms with Gasteiger partial charge in [0.1, 0.15) is 0 Å². The Morgan fingerprint density at radius 1 is 0.882 bits per heavy atom. The average molecular weight is 234 g/mol. The molecule has 0 N–H and O–H groups in total. The third-order valence-corrected chi connectivity index (χ3v) is 5.01. The zero-order chi connectivity index (χ0) is 12.1. The molecule has 0 aromatic heterocycles. The molecule has 0 saturated heterocycles. The lowest BCUT2D eigenvalue weighted by molar-refractivity contribution is 0.0139. The summed E-state index contributed by atoms with van der Waals surface area (Å²) >= 11 is 0. The summed E-state index contributed by atoms with van der Waals surface area (Å²) in [7, 11) is 5.76. The molecule has 2 fully saturated rings. The first-order chi connectivity index (χ1) is 8.33. The molecule has 96 valence electrons. The third-order valence-electron chi connectivity index (χ3n) is 5.01. The molecule has 0 aromatic rings. The number of hydrogen-bond donors (Lipinski definition) is 0. The first-order valence-corrected chi connectivity index (χ1v) is 7.65. The Morgan fingerprint density at radius 2 is 1.41 bits per heavy atom. The second kappa shape index (κ2) is 6.82. The summed E-state index contributed by atoms with van der Waals surface area (Å²) in [4.78, 5) is 0. The van der Waals surface area contributed by atoms with Crippen molar-refractivity contribution in [2.24, 2.45) is 17.8 Å². The zero-order valence-corrected chi connectivity index (χ0v) is 11.4. The van der Waals surface area contributed by atoms with Gasteiger partial charge in [-0.25, -0.2) is 0 Å². The summed E-state index contributed by atoms with van der Waals surface area (Å²) < 4.78 is 5.74. The maximum absolute atomic E-state index is 5.76. The Morgan fingerprint density at radius 3 is 1.88 bits per heavy atom. The molecule has 2 aliphatic rings. The molecule has 1 nitrogen and oxygen atoms in total. The van der Waals surface area contributed by atoms with Gasteiger partial charge in [-0.15, -0.1) is 0 Å². The molecule has 0 atom stereocenters. The molecule has 0 aromatic carbocycles. The van der Waals surface area contributed by atoms with Gasteiger partial charge in [0.2, 0.25) is 0 Å². The van der Waals surface area contributed by atoms with Gasteiger partial charge in [-0.3, -0.25) is 0 Å². The highest BCUT2D eigenvalue weighted by atomic mass is 16.5. The predicted molar refractivity (Wildman–Crippen MR) is 73.4 cm³/mol. The van der Waals surface area contributed by atoms with Crippen LogP contribution in [0.3, 0.4) is 0 Å². The van der Waals surface area contributed by atoms with Crippen molar-refractivity contribution in [3.05, 3.63) is 0 Å². The molecule has 0 amide bonds. The van der Waals surface area contributed by atoms with E-state index in [1.54, 1.807) is 0 Å². The van der Waals surface area contributed by atoms with E-state index in [4.69, 9.17) is 12.6 Å². The Hall–Kier alpha value is 0.0249. The van der Waals surface area contributed by atoms with Crippen molar-refractivity contribution in [1.82, 2.24) is 0 Å². The number of hydrogen-bond acceptors (Lipinski definition) is 1. The van der Waals surface area contributed by atoms with E-state index in [1.165, 1.54) is 51.4 Å². The first-order valence-electron chi connectivity index (χ1n) is 7.65. The maximum atomic E-state index is 5.76. The van der Waals surface area contributed by atoms with Gasteiger partial charge in [0, 0.05) is 6.61 Å². The summed E-state index contributed by atoms with van der Waals surface area (Å²) in [6, 6.07) is 0. The van der Waals surface area contributed by atoms with E-state index >= 15 is 0 Å². The van der Waals surface area contributed by atoms with E-state index in [0.29, 0.717) is 6.10 Å². The van der Waals surface area contributed by atoms with E-state index in [9.17, 15) is 0 Å². The largest absolute Gasteiger partial charge is 0.379 e. The highest BCUT2D eigenvalue weighted by molar-refractivity contribution is 6.08. The Labute approximate surface area is 108 Å². The van der Waals surface area contributed by atoms with Crippen molar-refractivity contribution in [2.45, 2.75) is 70.7 Å². The van der Waals surface area contributed by atoms with Crippen LogP contribution < -0.4 is 0 Å². The summed E-state index contributed by atoms with van der Waals surface area (Å²) in [5.41, 5.74) is 0. The number of ether oxygens (including phenoxy) is 1. The fourth-order valence-electron chi connectivity index (χ4n) is 3.86. The number of rotatable bonds is 4. The predicted octanol–water partition coefficient (Wildman–Crippen LogP) is 3.97. The van der Waals surface area contributed by atoms with Crippen LogP contribution in [0.1, 0.15) is 58.3 Å². The molecule has 0 bridgehead atoms. The van der Waals surface area contributed by atoms with E-state index in [1.807, 2.05) is 0 Å². The fraction of sp³-hybridized carbons (Fsp3) is 1.00. The average Bonchev–Trinajstić information content (AvgIpc) is 2.40. The molecule has 2 saturated carbocycles. The van der Waals surface area contributed by atoms with Crippen LogP contribution in [0.5, 0.6) is 0 Å². The van der Waals surface area contributed by atoms with Crippen LogP contribution in [0.2, 0.25) is 6.32 Å². The normalized spacial score (nSPS) is 39.1. The summed E-state index contributed by atoms with van der Waals surface area (Å²) in [6.45, 7) is 3.00. The van der Waals surface area contributed by atoms with Gasteiger partial charge in [-0.1, -0.05) is 19.2 Å². The summed E-state index contributed by atoms with van der Waals surface area (Å²) in [5.74, 6) is 2.82. The topological polar surface area (TPSA) is 9.23 Å². The second-order valence-electron chi connectivity index (χ2n) is 6.01. The van der Waals surface area contributed by atoms with Crippen LogP contribution >= 0.6 is 0 Å². The molecular weight excluding hydrogens is 207 g/mol. The smallest absolute Gasteiger partial charge is 0.0656 e. The van der Waals surface area contributed by atoms with Crippen molar-refractivity contribution >= 4 is 7.85 Å². The van der Waals surface area contributed by atoms with Crippen LogP contribution in [0.25, 0.3) is 0 Å². The van der Waals surface area contributed by atoms with Crippen molar-refractivity contribution in [3.63, 3.8) is 0 Å². The van der Waals surface area contributed by atoms with Gasteiger partial charge in [0.15, 0.2) is 0 Å². The molecule has 0 spiro atoms. The monoisotopic (exact) mass is 234 g/mol. The maximum Gasteiger partial charge on any atom is 0.0656 e. The minimum atomic E-state index is 0.566. The third kappa shape index (κ3) is 3.74. The lowest BCUT2D eigenvalue weighted by Gasteiger charge is -2.37. The molecule has 2 rings (SSSR count). The van der Waals surface area contributed by atoms with E-state index in [0.717, 1.165) is 30.7 Å². The van der Waals surface area contributed by atoms with Crippen molar-refractivity contribution < 1.29 is 4.74 Å². The quantitative estimate of drug-likeness (QED) is 0.668. The molecule has 2 heteroatoms. The SMILES string of the molecule is [B]CC1CCC(C2CCC(OCC)CC2)CC1. The van der Waals surface area contributed by atoms with Gasteiger partial charge in [-0.2, -0.15) is 0 Å². The van der Waals surface area contributed by atoms with Crippen molar-refractivity contribution in [3.8, 4) is 0 Å². The Balaban J connectivity index is 1.70. The Kier molecular flexibility index (Phi) is 5.40. The minimum Gasteiger partial charge on any atom is -0.379 e. The summed E-state index contributed by atoms with van der Waals surface area (Å²) in [6.07, 6.45) is 12.5. The lowest BCUT2D eigenvalue weighted by Crippen LogP contribution is -2.28. The van der Waals surface area contributed by atoms with E-state index in [2.05, 4.69) is 6.92 Å². The van der Waals surface area contributed by atoms with Gasteiger partial charge >= 0.3 is 0 Å². The molecule has 2 radical (unpaired) electrons. The molecule has 0 heterocycles. The molecular formula is C15H27BO. The van der Waals surface area contributed by atoms with Crippen molar-refractivity contribution in [2.75, 3.05) is 6.61 Å². The zero-order valence-electron chi connectivity index (χ0n) is 11.4. The summed E-state index contributed by atoms with van der Waals surface area (Å²) in [5, 5.41) is 0. The molecule has 0 aliphatic heterocycles. The van der Waals surface area contributed by atoms with Gasteiger partial charge in [-0.05, 0) is 63.2 Å². The first kappa shape index (κ1) is 13.5. The van der Waals surface area contributed by atoms with Gasteiger partial charge in [0.05, 0.1) is 14.0 Å². The van der Waals surface area contributed by atoms with E-state index < -0.39 is 0 Å². The molecule has 0 unspecified atom stereocenters. The van der Waals surface area contributed by atoms with E-state index in [-0.39, 0.29) is 0 Å². The highest BCUT2D eigenvalue weighted by Crippen LogP contribution is 2.40. The lowest BCUT2D eigenvalue weighted by atomic mass is 9.68. The van der Waals surface area contributed by atoms with Crippen LogP contribution in [0, 0.1) is 17.8 Å². The molecule has 17 heavy (non-hydrogen) atoms. The van der Waals surface area contributed by atoms with Gasteiger partial charge < -0.3 is 4.74 Å². The minimum absolute atomic E-state index is 0.566.